The van der Waals surface area contributed by atoms with Crippen LogP contribution in [0.1, 0.15) is 46.1 Å². The Morgan fingerprint density at radius 2 is 2.00 bits per heavy atom. The smallest absolute Gasteiger partial charge is 0.449 e. The Bertz CT molecular complexity index is 1330. The Hall–Kier alpha value is -3.41. The molecule has 5 rings (SSSR count). The quantitative estimate of drug-likeness (QED) is 0.571. The van der Waals surface area contributed by atoms with Crippen molar-refractivity contribution in [1.82, 2.24) is 9.88 Å². The predicted octanol–water partition coefficient (Wildman–Crippen LogP) is 3.79. The van der Waals surface area contributed by atoms with E-state index in [4.69, 9.17) is 14.6 Å². The van der Waals surface area contributed by atoms with Gasteiger partial charge in [0.15, 0.2) is 11.6 Å². The number of hydrogen-bond acceptors (Lipinski definition) is 7. The summed E-state index contributed by atoms with van der Waals surface area (Å²) in [5.74, 6) is -2.45. The number of carboxylic acid groups (broad SMARTS) is 1. The summed E-state index contributed by atoms with van der Waals surface area (Å²) in [6.07, 6.45) is 0.947. The molecule has 3 aliphatic rings. The van der Waals surface area contributed by atoms with Crippen LogP contribution in [0.3, 0.4) is 0 Å². The van der Waals surface area contributed by atoms with Gasteiger partial charge in [-0.1, -0.05) is 0 Å². The van der Waals surface area contributed by atoms with E-state index < -0.39 is 46.3 Å². The number of amides is 1. The van der Waals surface area contributed by atoms with E-state index in [0.29, 0.717) is 32.4 Å². The van der Waals surface area contributed by atoms with Gasteiger partial charge in [0, 0.05) is 31.7 Å². The summed E-state index contributed by atoms with van der Waals surface area (Å²) in [5.41, 5.74) is -2.81. The Kier molecular flexibility index (Phi) is 6.05. The number of benzene rings is 1. The zero-order valence-corrected chi connectivity index (χ0v) is 20.8. The van der Waals surface area contributed by atoms with Gasteiger partial charge in [0.05, 0.1) is 23.6 Å². The molecule has 12 heteroatoms. The number of aromatic nitrogens is 1. The minimum absolute atomic E-state index is 0.0890. The summed E-state index contributed by atoms with van der Waals surface area (Å²) in [6, 6.07) is 0.780. The first-order valence-electron chi connectivity index (χ1n) is 12.2. The zero-order chi connectivity index (χ0) is 26.7. The largest absolute Gasteiger partial charge is 0.511 e. The lowest BCUT2D eigenvalue weighted by Crippen LogP contribution is -2.49. The number of carbonyl (C=O) groups is 2. The molecule has 3 heterocycles. The molecule has 1 unspecified atom stereocenters. The van der Waals surface area contributed by atoms with Crippen molar-refractivity contribution in [3.63, 3.8) is 0 Å². The molecule has 1 aromatic carbocycles. The standard InChI is InChI=1S/C25H29F2N3O7/c1-24(2,3)37-22(32)28-11-25-12-29(9-13(25)6-7-35-25)20-16(26)8-15-19(18(20)27)30(14-4-5-14)10-17(21(15)31)36-23(33)34/h8,10,13-14H,4-7,9,11-12H2,1-3H3,(H,28,32)(H,33,34)/t13-,25?/m0/s1. The van der Waals surface area contributed by atoms with Crippen molar-refractivity contribution in [1.29, 1.82) is 0 Å². The maximum atomic E-state index is 16.1. The molecule has 3 fully saturated rings. The number of nitrogens with zero attached hydrogens (tertiary/aromatic N) is 2. The molecule has 2 aliphatic heterocycles. The summed E-state index contributed by atoms with van der Waals surface area (Å²) >= 11 is 0. The minimum atomic E-state index is -1.69. The number of hydrogen-bond donors (Lipinski definition) is 2. The summed E-state index contributed by atoms with van der Waals surface area (Å²) in [6.45, 7) is 6.25. The van der Waals surface area contributed by atoms with Gasteiger partial charge < -0.3 is 34.1 Å². The van der Waals surface area contributed by atoms with Gasteiger partial charge >= 0.3 is 12.2 Å². The monoisotopic (exact) mass is 521 g/mol. The van der Waals surface area contributed by atoms with Crippen LogP contribution >= 0.6 is 0 Å². The second kappa shape index (κ2) is 8.86. The van der Waals surface area contributed by atoms with Gasteiger partial charge in [-0.3, -0.25) is 4.79 Å². The third-order valence-corrected chi connectivity index (χ3v) is 7.03. The number of nitrogens with one attached hydrogen (secondary N) is 1. The molecule has 1 aliphatic carbocycles. The molecule has 1 saturated carbocycles. The van der Waals surface area contributed by atoms with Crippen molar-refractivity contribution >= 4 is 28.8 Å². The van der Waals surface area contributed by atoms with Crippen LogP contribution in [0.25, 0.3) is 10.9 Å². The van der Waals surface area contributed by atoms with Crippen molar-refractivity contribution in [2.75, 3.05) is 31.1 Å². The average Bonchev–Trinajstić information content (AvgIpc) is 3.46. The highest BCUT2D eigenvalue weighted by Gasteiger charge is 2.52. The Morgan fingerprint density at radius 1 is 1.27 bits per heavy atom. The molecular formula is C25H29F2N3O7. The van der Waals surface area contributed by atoms with Crippen molar-refractivity contribution in [3.8, 4) is 5.75 Å². The highest BCUT2D eigenvalue weighted by molar-refractivity contribution is 5.86. The third kappa shape index (κ3) is 4.70. The number of ether oxygens (including phenoxy) is 3. The fraction of sp³-hybridized carbons (Fsp3) is 0.560. The number of carbonyl (C=O) groups excluding carboxylic acids is 1. The minimum Gasteiger partial charge on any atom is -0.449 e. The van der Waals surface area contributed by atoms with E-state index in [0.717, 1.165) is 6.07 Å². The van der Waals surface area contributed by atoms with E-state index in [1.165, 1.54) is 10.8 Å². The van der Waals surface area contributed by atoms with E-state index in [1.807, 2.05) is 0 Å². The lowest BCUT2D eigenvalue weighted by Gasteiger charge is -2.30. The van der Waals surface area contributed by atoms with Gasteiger partial charge in [-0.2, -0.15) is 0 Å². The highest BCUT2D eigenvalue weighted by atomic mass is 19.1. The first kappa shape index (κ1) is 25.2. The van der Waals surface area contributed by atoms with Gasteiger partial charge in [-0.25, -0.2) is 18.4 Å². The van der Waals surface area contributed by atoms with Crippen molar-refractivity contribution in [3.05, 3.63) is 34.1 Å². The van der Waals surface area contributed by atoms with Gasteiger partial charge in [0.25, 0.3) is 0 Å². The van der Waals surface area contributed by atoms with E-state index in [-0.39, 0.29) is 41.6 Å². The maximum absolute atomic E-state index is 16.1. The van der Waals surface area contributed by atoms with E-state index in [1.54, 1.807) is 25.7 Å². The van der Waals surface area contributed by atoms with Crippen LogP contribution in [0.5, 0.6) is 5.75 Å². The van der Waals surface area contributed by atoms with Crippen molar-refractivity contribution < 1.29 is 37.7 Å². The number of halogens is 2. The molecule has 1 amide bonds. The molecule has 2 saturated heterocycles. The third-order valence-electron chi connectivity index (χ3n) is 7.03. The van der Waals surface area contributed by atoms with E-state index in [2.05, 4.69) is 10.1 Å². The second-order valence-corrected chi connectivity index (χ2v) is 10.9. The molecule has 1 aromatic heterocycles. The number of rotatable bonds is 5. The number of pyridine rings is 1. The van der Waals surface area contributed by atoms with Gasteiger partial charge in [0.1, 0.15) is 22.7 Å². The van der Waals surface area contributed by atoms with Gasteiger partial charge in [-0.05, 0) is 46.1 Å². The lowest BCUT2D eigenvalue weighted by atomic mass is 9.91. The molecule has 10 nitrogen and oxygen atoms in total. The van der Waals surface area contributed by atoms with Crippen LogP contribution in [-0.2, 0) is 9.47 Å². The summed E-state index contributed by atoms with van der Waals surface area (Å²) < 4.78 is 48.9. The van der Waals surface area contributed by atoms with Crippen LogP contribution in [0.15, 0.2) is 17.1 Å². The van der Waals surface area contributed by atoms with Crippen LogP contribution < -0.4 is 20.4 Å². The fourth-order valence-corrected chi connectivity index (χ4v) is 5.33. The van der Waals surface area contributed by atoms with Crippen molar-refractivity contribution in [2.45, 2.75) is 57.3 Å². The summed E-state index contributed by atoms with van der Waals surface area (Å²) in [4.78, 5) is 37.7. The molecule has 0 radical (unpaired) electrons. The van der Waals surface area contributed by atoms with Crippen LogP contribution in [0.2, 0.25) is 0 Å². The lowest BCUT2D eigenvalue weighted by molar-refractivity contribution is -0.000290. The molecule has 0 bridgehead atoms. The topological polar surface area (TPSA) is 119 Å². The molecular weight excluding hydrogens is 492 g/mol. The molecule has 37 heavy (non-hydrogen) atoms. The zero-order valence-electron chi connectivity index (χ0n) is 20.8. The van der Waals surface area contributed by atoms with Gasteiger partial charge in [-0.15, -0.1) is 0 Å². The molecule has 2 N–H and O–H groups in total. The average molecular weight is 522 g/mol. The van der Waals surface area contributed by atoms with E-state index in [9.17, 15) is 14.4 Å². The SMILES string of the molecule is CC(C)(C)OC(=O)NCC12CN(c3c(F)cc4c(=O)c(OC(=O)O)cn(C5CC5)c4c3F)C[C@@H]1CCO2. The van der Waals surface area contributed by atoms with Crippen LogP contribution in [0, 0.1) is 17.6 Å². The van der Waals surface area contributed by atoms with Crippen LogP contribution in [-0.4, -0.2) is 59.4 Å². The maximum Gasteiger partial charge on any atom is 0.511 e. The molecule has 0 spiro atoms. The Balaban J connectivity index is 1.50. The second-order valence-electron chi connectivity index (χ2n) is 10.9. The number of fused-ring (bicyclic) bond motifs is 2. The Morgan fingerprint density at radius 3 is 2.65 bits per heavy atom. The normalized spacial score (nSPS) is 23.3. The van der Waals surface area contributed by atoms with Crippen LogP contribution in [0.4, 0.5) is 24.1 Å². The highest BCUT2D eigenvalue weighted by Crippen LogP contribution is 2.44. The molecule has 200 valence electrons. The summed E-state index contributed by atoms with van der Waals surface area (Å²) in [5, 5.41) is 11.4. The summed E-state index contributed by atoms with van der Waals surface area (Å²) in [7, 11) is 0. The number of alkyl carbamates (subject to hydrolysis) is 1. The first-order chi connectivity index (χ1) is 17.4. The fourth-order valence-electron chi connectivity index (χ4n) is 5.33. The van der Waals surface area contributed by atoms with Crippen molar-refractivity contribution in [2.24, 2.45) is 5.92 Å². The van der Waals surface area contributed by atoms with E-state index >= 15 is 8.78 Å². The molecule has 2 atom stereocenters. The van der Waals surface area contributed by atoms with Gasteiger partial charge in [0.2, 0.25) is 5.43 Å². The number of anilines is 1. The first-order valence-corrected chi connectivity index (χ1v) is 12.2. The predicted molar refractivity (Wildman–Crippen MR) is 128 cm³/mol. The molecule has 2 aromatic rings. The Labute approximate surface area is 211 Å².